The van der Waals surface area contributed by atoms with Crippen molar-refractivity contribution in [1.82, 2.24) is 4.57 Å². The summed E-state index contributed by atoms with van der Waals surface area (Å²) in [5.74, 6) is -0.263. The van der Waals surface area contributed by atoms with Crippen molar-refractivity contribution < 1.29 is 4.39 Å². The zero-order chi connectivity index (χ0) is 46.2. The van der Waals surface area contributed by atoms with Crippen LogP contribution in [0.4, 0.5) is 38.5 Å². The van der Waals surface area contributed by atoms with Gasteiger partial charge in [-0.2, -0.15) is 0 Å². The van der Waals surface area contributed by atoms with Crippen LogP contribution < -0.4 is 30.5 Å². The molecule has 0 aliphatic rings. The summed E-state index contributed by atoms with van der Waals surface area (Å²) in [5, 5.41) is 9.81. The van der Waals surface area contributed by atoms with Gasteiger partial charge in [-0.05, 0) is 141 Å². The maximum atomic E-state index is 14.6. The maximum Gasteiger partial charge on any atom is 0.179 e. The Morgan fingerprint density at radius 2 is 0.681 bits per heavy atom. The molecule has 0 amide bonds. The largest absolute Gasteiger partial charge is 0.311 e. The number of fused-ring (bicyclic) bond motifs is 4. The maximum absolute atomic E-state index is 14.6. The predicted molar refractivity (Wildman–Crippen MR) is 291 cm³/mol. The highest BCUT2D eigenvalue weighted by atomic mass is 28.3. The van der Waals surface area contributed by atoms with E-state index in [4.69, 9.17) is 0 Å². The van der Waals surface area contributed by atoms with E-state index in [1.54, 1.807) is 12.1 Å². The van der Waals surface area contributed by atoms with Crippen LogP contribution in [0.15, 0.2) is 279 Å². The topological polar surface area (TPSA) is 11.4 Å². The number of rotatable bonds is 11. The Hall–Kier alpha value is -8.77. The third-order valence-corrected chi connectivity index (χ3v) is 18.3. The first-order valence-electron chi connectivity index (χ1n) is 23.4. The van der Waals surface area contributed by atoms with Gasteiger partial charge in [0, 0.05) is 50.6 Å². The van der Waals surface area contributed by atoms with Crippen molar-refractivity contribution >= 4 is 95.5 Å². The van der Waals surface area contributed by atoms with E-state index in [0.29, 0.717) is 0 Å². The molecule has 0 aliphatic carbocycles. The molecule has 0 N–H and O–H groups in total. The van der Waals surface area contributed by atoms with Gasteiger partial charge in [-0.25, -0.2) is 4.39 Å². The van der Waals surface area contributed by atoms with Gasteiger partial charge < -0.3 is 14.4 Å². The average molecular weight is 904 g/mol. The molecule has 0 unspecified atom stereocenters. The fourth-order valence-electron chi connectivity index (χ4n) is 10.4. The molecule has 69 heavy (non-hydrogen) atoms. The van der Waals surface area contributed by atoms with Crippen LogP contribution in [-0.4, -0.2) is 12.6 Å². The molecule has 3 nitrogen and oxygen atoms in total. The molecule has 328 valence electrons. The number of aromatic nitrogens is 1. The van der Waals surface area contributed by atoms with Crippen LogP contribution in [0.25, 0.3) is 38.3 Å². The minimum absolute atomic E-state index is 0.263. The van der Waals surface area contributed by atoms with Crippen LogP contribution in [0.5, 0.6) is 0 Å². The molecule has 0 saturated carbocycles. The lowest BCUT2D eigenvalue weighted by molar-refractivity contribution is 0.627. The van der Waals surface area contributed by atoms with Gasteiger partial charge in [-0.3, -0.25) is 0 Å². The van der Waals surface area contributed by atoms with Gasteiger partial charge in [0.15, 0.2) is 8.07 Å². The Bertz CT molecular complexity index is 3580. The van der Waals surface area contributed by atoms with Crippen molar-refractivity contribution in [2.75, 3.05) is 9.80 Å². The molecule has 0 atom stereocenters. The number of nitrogens with zero attached hydrogens (tertiary/aromatic N) is 3. The Morgan fingerprint density at radius 1 is 0.290 bits per heavy atom. The minimum atomic E-state index is -2.89. The molecule has 12 aromatic rings. The van der Waals surface area contributed by atoms with E-state index in [9.17, 15) is 4.39 Å². The minimum Gasteiger partial charge on any atom is -0.311 e. The Kier molecular flexibility index (Phi) is 10.7. The molecule has 0 fully saturated rings. The van der Waals surface area contributed by atoms with Crippen LogP contribution in [0, 0.1) is 5.82 Å². The molecule has 0 aliphatic heterocycles. The normalized spacial score (nSPS) is 11.6. The van der Waals surface area contributed by atoms with Crippen molar-refractivity contribution in [3.05, 3.63) is 285 Å². The van der Waals surface area contributed by atoms with E-state index in [1.165, 1.54) is 31.5 Å². The van der Waals surface area contributed by atoms with Gasteiger partial charge in [-0.15, -0.1) is 0 Å². The van der Waals surface area contributed by atoms with E-state index in [-0.39, 0.29) is 5.82 Å². The van der Waals surface area contributed by atoms with E-state index < -0.39 is 8.07 Å². The van der Waals surface area contributed by atoms with Crippen LogP contribution in [0.3, 0.4) is 0 Å². The van der Waals surface area contributed by atoms with Crippen LogP contribution in [0.1, 0.15) is 0 Å². The number of halogens is 1. The van der Waals surface area contributed by atoms with Crippen molar-refractivity contribution in [3.63, 3.8) is 0 Å². The molecule has 0 radical (unpaired) electrons. The van der Waals surface area contributed by atoms with E-state index in [0.717, 1.165) is 61.6 Å². The van der Waals surface area contributed by atoms with Gasteiger partial charge in [0.05, 0.1) is 11.0 Å². The zero-order valence-electron chi connectivity index (χ0n) is 37.8. The smallest absolute Gasteiger partial charge is 0.179 e. The molecule has 0 bridgehead atoms. The van der Waals surface area contributed by atoms with E-state index in [2.05, 4.69) is 269 Å². The second-order valence-electron chi connectivity index (χ2n) is 17.5. The van der Waals surface area contributed by atoms with Crippen LogP contribution in [0.2, 0.25) is 0 Å². The second-order valence-corrected chi connectivity index (χ2v) is 21.3. The summed E-state index contributed by atoms with van der Waals surface area (Å²) in [7, 11) is -2.89. The van der Waals surface area contributed by atoms with Crippen molar-refractivity contribution in [1.29, 1.82) is 0 Å². The lowest BCUT2D eigenvalue weighted by Gasteiger charge is -2.34. The molecule has 0 spiro atoms. The number of para-hydroxylation sites is 2. The first-order chi connectivity index (χ1) is 34.1. The van der Waals surface area contributed by atoms with Gasteiger partial charge in [0.1, 0.15) is 5.82 Å². The second kappa shape index (κ2) is 17.8. The average Bonchev–Trinajstić information content (AvgIpc) is 3.74. The summed E-state index contributed by atoms with van der Waals surface area (Å²) in [5.41, 5.74) is 9.33. The SMILES string of the molecule is Fc1ccc(-n2c3ccc(N(c4ccc(N(c5ccccc5)c5ccccc5)cc4)c4ccc5ccccc5c4)cc3c3cc([Si](c4ccccc4)(c4ccccc4)c4ccccc4)ccc32)cc1. The molecule has 5 heteroatoms. The first-order valence-corrected chi connectivity index (χ1v) is 25.4. The number of benzene rings is 11. The fourth-order valence-corrected chi connectivity index (χ4v) is 15.2. The molecule has 12 rings (SSSR count). The summed E-state index contributed by atoms with van der Waals surface area (Å²) in [6.07, 6.45) is 0. The van der Waals surface area contributed by atoms with Crippen molar-refractivity contribution in [2.45, 2.75) is 0 Å². The molecule has 1 aromatic heterocycles. The molecule has 0 saturated heterocycles. The van der Waals surface area contributed by atoms with Gasteiger partial charge in [0.2, 0.25) is 0 Å². The van der Waals surface area contributed by atoms with Gasteiger partial charge in [0.25, 0.3) is 0 Å². The quantitative estimate of drug-likeness (QED) is 0.0946. The van der Waals surface area contributed by atoms with Gasteiger partial charge >= 0.3 is 0 Å². The predicted octanol–water partition coefficient (Wildman–Crippen LogP) is 14.4. The lowest BCUT2D eigenvalue weighted by Crippen LogP contribution is -2.74. The summed E-state index contributed by atoms with van der Waals surface area (Å²) >= 11 is 0. The number of hydrogen-bond donors (Lipinski definition) is 0. The highest BCUT2D eigenvalue weighted by Crippen LogP contribution is 2.42. The Balaban J connectivity index is 1.10. The highest BCUT2D eigenvalue weighted by molar-refractivity contribution is 7.20. The molecule has 1 heterocycles. The summed E-state index contributed by atoms with van der Waals surface area (Å²) in [6.45, 7) is 0. The molecule has 11 aromatic carbocycles. The zero-order valence-corrected chi connectivity index (χ0v) is 38.8. The summed E-state index contributed by atoms with van der Waals surface area (Å²) in [4.78, 5) is 4.66. The number of anilines is 6. The Morgan fingerprint density at radius 3 is 1.22 bits per heavy atom. The highest BCUT2D eigenvalue weighted by Gasteiger charge is 2.41. The number of hydrogen-bond acceptors (Lipinski definition) is 2. The standard InChI is InChI=1S/C64H46FN3Si/c65-49-31-34-54(35-32-49)68-63-42-40-56(45-61(63)62-46-60(41-43-64(62)68)69(57-24-10-3-11-25-57,58-26-12-4-13-27-58)59-28-14-5-15-29-59)67(55-33-30-47-18-16-17-19-48(47)44-55)53-38-36-52(37-39-53)66(50-20-6-1-7-21-50)51-22-8-2-9-23-51/h1-46H. The van der Waals surface area contributed by atoms with E-state index >= 15 is 0 Å². The third-order valence-electron chi connectivity index (χ3n) is 13.5. The lowest BCUT2D eigenvalue weighted by atomic mass is 10.1. The van der Waals surface area contributed by atoms with Crippen molar-refractivity contribution in [2.24, 2.45) is 0 Å². The van der Waals surface area contributed by atoms with E-state index in [1.807, 2.05) is 12.1 Å². The summed E-state index contributed by atoms with van der Waals surface area (Å²) in [6, 6.07) is 99.1. The molecular formula is C64H46FN3Si. The van der Waals surface area contributed by atoms with Crippen LogP contribution >= 0.6 is 0 Å². The Labute approximate surface area is 402 Å². The summed E-state index contributed by atoms with van der Waals surface area (Å²) < 4.78 is 16.9. The first kappa shape index (κ1) is 41.6. The van der Waals surface area contributed by atoms with Crippen molar-refractivity contribution in [3.8, 4) is 5.69 Å². The van der Waals surface area contributed by atoms with Gasteiger partial charge in [-0.1, -0.05) is 170 Å². The molecular weight excluding hydrogens is 858 g/mol. The fraction of sp³-hybridized carbons (Fsp3) is 0. The third kappa shape index (κ3) is 7.46. The van der Waals surface area contributed by atoms with Crippen LogP contribution in [-0.2, 0) is 0 Å². The monoisotopic (exact) mass is 903 g/mol.